The number of fused-ring (bicyclic) bond motifs is 1. The fourth-order valence-corrected chi connectivity index (χ4v) is 4.10. The van der Waals surface area contributed by atoms with Crippen molar-refractivity contribution in [1.82, 2.24) is 4.90 Å². The number of hydrogen-bond donors (Lipinski definition) is 2. The molecule has 0 bridgehead atoms. The summed E-state index contributed by atoms with van der Waals surface area (Å²) in [6.45, 7) is 3.34. The molecule has 1 atom stereocenters. The molecule has 8 heteroatoms. The predicted molar refractivity (Wildman–Crippen MR) is 119 cm³/mol. The number of β-amino-alcohol motifs (C(OH)–C–C–N with tert-alkyl or cyclic N) is 1. The Morgan fingerprint density at radius 3 is 2.44 bits per heavy atom. The van der Waals surface area contributed by atoms with Gasteiger partial charge in [-0.1, -0.05) is 18.2 Å². The van der Waals surface area contributed by atoms with Gasteiger partial charge in [-0.2, -0.15) is 13.2 Å². The summed E-state index contributed by atoms with van der Waals surface area (Å²) in [6, 6.07) is 11.1. The number of aliphatic hydroxyl groups excluding tert-OH is 1. The molecule has 32 heavy (non-hydrogen) atoms. The van der Waals surface area contributed by atoms with Gasteiger partial charge in [-0.3, -0.25) is 9.69 Å². The zero-order valence-corrected chi connectivity index (χ0v) is 17.6. The molecule has 1 saturated heterocycles. The van der Waals surface area contributed by atoms with Crippen molar-refractivity contribution in [2.75, 3.05) is 42.9 Å². The molecule has 0 radical (unpaired) electrons. The van der Waals surface area contributed by atoms with Crippen LogP contribution in [0.25, 0.3) is 6.08 Å². The molecule has 0 saturated carbocycles. The summed E-state index contributed by atoms with van der Waals surface area (Å²) < 4.78 is 38.2. The SMILES string of the molecule is O=C1CCc2cc(C=C[C@H](O)CN3CCN(c4ccc(C(F)(F)F)cc4)CC3)ccc2N1. The Morgan fingerprint density at radius 1 is 1.03 bits per heavy atom. The molecule has 170 valence electrons. The van der Waals surface area contributed by atoms with Gasteiger partial charge in [0, 0.05) is 50.5 Å². The molecule has 2 aliphatic heterocycles. The first-order chi connectivity index (χ1) is 15.3. The molecule has 0 unspecified atom stereocenters. The number of anilines is 2. The second-order valence-corrected chi connectivity index (χ2v) is 8.22. The minimum Gasteiger partial charge on any atom is -0.388 e. The van der Waals surface area contributed by atoms with Gasteiger partial charge in [0.15, 0.2) is 0 Å². The normalized spacial score (nSPS) is 18.5. The fourth-order valence-electron chi connectivity index (χ4n) is 4.10. The number of aliphatic hydroxyl groups is 1. The molecule has 2 N–H and O–H groups in total. The number of piperazine rings is 1. The Labute approximate surface area is 185 Å². The van der Waals surface area contributed by atoms with Crippen molar-refractivity contribution in [3.8, 4) is 0 Å². The number of nitrogens with one attached hydrogen (secondary N) is 1. The third-order valence-electron chi connectivity index (χ3n) is 5.91. The van der Waals surface area contributed by atoms with Crippen LogP contribution in [-0.4, -0.2) is 54.7 Å². The lowest BCUT2D eigenvalue weighted by Crippen LogP contribution is -2.48. The molecule has 5 nitrogen and oxygen atoms in total. The zero-order chi connectivity index (χ0) is 22.7. The Morgan fingerprint density at radius 2 is 1.75 bits per heavy atom. The van der Waals surface area contributed by atoms with E-state index in [1.165, 1.54) is 12.1 Å². The van der Waals surface area contributed by atoms with E-state index in [2.05, 4.69) is 15.1 Å². The number of nitrogens with zero attached hydrogens (tertiary/aromatic N) is 2. The topological polar surface area (TPSA) is 55.8 Å². The van der Waals surface area contributed by atoms with E-state index in [1.54, 1.807) is 6.08 Å². The van der Waals surface area contributed by atoms with Crippen LogP contribution in [0.4, 0.5) is 24.5 Å². The molecule has 2 heterocycles. The molecule has 2 aromatic rings. The number of carbonyl (C=O) groups excluding carboxylic acids is 1. The Kier molecular flexibility index (Phi) is 6.53. The summed E-state index contributed by atoms with van der Waals surface area (Å²) in [5.41, 5.74) is 3.07. The van der Waals surface area contributed by atoms with Crippen LogP contribution in [-0.2, 0) is 17.4 Å². The van der Waals surface area contributed by atoms with E-state index in [0.29, 0.717) is 32.5 Å². The number of benzene rings is 2. The molecule has 0 aromatic heterocycles. The molecule has 1 amide bonds. The van der Waals surface area contributed by atoms with Crippen LogP contribution in [0.2, 0.25) is 0 Å². The average molecular weight is 445 g/mol. The maximum atomic E-state index is 12.7. The second kappa shape index (κ2) is 9.34. The lowest BCUT2D eigenvalue weighted by molar-refractivity contribution is -0.137. The summed E-state index contributed by atoms with van der Waals surface area (Å²) in [5.74, 6) is 0.0367. The Hall–Kier alpha value is -2.84. The Balaban J connectivity index is 1.26. The number of alkyl halides is 3. The molecule has 2 aromatic carbocycles. The van der Waals surface area contributed by atoms with Crippen molar-refractivity contribution < 1.29 is 23.1 Å². The van der Waals surface area contributed by atoms with Crippen LogP contribution in [0, 0.1) is 0 Å². The molecular formula is C24H26F3N3O2. The van der Waals surface area contributed by atoms with Gasteiger partial charge in [-0.15, -0.1) is 0 Å². The molecule has 1 fully saturated rings. The van der Waals surface area contributed by atoms with E-state index in [1.807, 2.05) is 24.3 Å². The van der Waals surface area contributed by atoms with E-state index in [-0.39, 0.29) is 5.91 Å². The smallest absolute Gasteiger partial charge is 0.388 e. The van der Waals surface area contributed by atoms with Crippen LogP contribution < -0.4 is 10.2 Å². The van der Waals surface area contributed by atoms with Crippen LogP contribution in [0.1, 0.15) is 23.1 Å². The molecule has 2 aliphatic rings. The van der Waals surface area contributed by atoms with Gasteiger partial charge in [0.25, 0.3) is 0 Å². The lowest BCUT2D eigenvalue weighted by atomic mass is 10.00. The van der Waals surface area contributed by atoms with Crippen molar-refractivity contribution >= 4 is 23.4 Å². The number of halogens is 3. The maximum absolute atomic E-state index is 12.7. The van der Waals surface area contributed by atoms with Crippen molar-refractivity contribution in [3.05, 3.63) is 65.2 Å². The van der Waals surface area contributed by atoms with Gasteiger partial charge in [0.05, 0.1) is 11.7 Å². The van der Waals surface area contributed by atoms with Crippen LogP contribution >= 0.6 is 0 Å². The van der Waals surface area contributed by atoms with Crippen LogP contribution in [0.3, 0.4) is 0 Å². The standard InChI is InChI=1S/C24H26F3N3O2/c25-24(26,27)19-4-6-20(7-5-19)30-13-11-29(12-14-30)16-21(31)8-1-17-2-9-22-18(15-17)3-10-23(32)28-22/h1-2,4-9,15,21,31H,3,10-14,16H2,(H,28,32)/t21-/m0/s1. The number of rotatable bonds is 5. The highest BCUT2D eigenvalue weighted by Gasteiger charge is 2.30. The third-order valence-corrected chi connectivity index (χ3v) is 5.91. The first kappa shape index (κ1) is 22.4. The van der Waals surface area contributed by atoms with Crippen LogP contribution in [0.15, 0.2) is 48.5 Å². The van der Waals surface area contributed by atoms with Gasteiger partial charge < -0.3 is 15.3 Å². The highest BCUT2D eigenvalue weighted by atomic mass is 19.4. The van der Waals surface area contributed by atoms with Crippen molar-refractivity contribution in [3.63, 3.8) is 0 Å². The molecule has 0 spiro atoms. The van der Waals surface area contributed by atoms with Crippen molar-refractivity contribution in [1.29, 1.82) is 0 Å². The van der Waals surface area contributed by atoms with E-state index in [4.69, 9.17) is 0 Å². The van der Waals surface area contributed by atoms with Crippen molar-refractivity contribution in [2.45, 2.75) is 25.1 Å². The molecule has 4 rings (SSSR count). The van der Waals surface area contributed by atoms with Crippen molar-refractivity contribution in [2.24, 2.45) is 0 Å². The quantitative estimate of drug-likeness (QED) is 0.736. The number of carbonyl (C=O) groups is 1. The van der Waals surface area contributed by atoms with Gasteiger partial charge in [0.1, 0.15) is 0 Å². The zero-order valence-electron chi connectivity index (χ0n) is 17.6. The van der Waals surface area contributed by atoms with Gasteiger partial charge in [0.2, 0.25) is 5.91 Å². The summed E-state index contributed by atoms with van der Waals surface area (Å²) in [6.07, 6.45) is -0.0832. The summed E-state index contributed by atoms with van der Waals surface area (Å²) in [5, 5.41) is 13.3. The number of hydrogen-bond acceptors (Lipinski definition) is 4. The van der Waals surface area contributed by atoms with Gasteiger partial charge in [-0.05, 0) is 53.9 Å². The monoisotopic (exact) mass is 445 g/mol. The first-order valence-electron chi connectivity index (χ1n) is 10.7. The predicted octanol–water partition coefficient (Wildman–Crippen LogP) is 3.79. The summed E-state index contributed by atoms with van der Waals surface area (Å²) >= 11 is 0. The lowest BCUT2D eigenvalue weighted by Gasteiger charge is -2.36. The minimum absolute atomic E-state index is 0.0367. The second-order valence-electron chi connectivity index (χ2n) is 8.22. The average Bonchev–Trinajstić information content (AvgIpc) is 2.78. The summed E-state index contributed by atoms with van der Waals surface area (Å²) in [7, 11) is 0. The van der Waals surface area contributed by atoms with Crippen LogP contribution in [0.5, 0.6) is 0 Å². The summed E-state index contributed by atoms with van der Waals surface area (Å²) in [4.78, 5) is 15.7. The minimum atomic E-state index is -4.32. The fraction of sp³-hybridized carbons (Fsp3) is 0.375. The first-order valence-corrected chi connectivity index (χ1v) is 10.7. The van der Waals surface area contributed by atoms with E-state index >= 15 is 0 Å². The number of aryl methyl sites for hydroxylation is 1. The Bertz CT molecular complexity index is 981. The largest absolute Gasteiger partial charge is 0.416 e. The molecular weight excluding hydrogens is 419 g/mol. The highest BCUT2D eigenvalue weighted by Crippen LogP contribution is 2.30. The van der Waals surface area contributed by atoms with Gasteiger partial charge in [-0.25, -0.2) is 0 Å². The number of amides is 1. The van der Waals surface area contributed by atoms with E-state index < -0.39 is 17.8 Å². The molecule has 0 aliphatic carbocycles. The third kappa shape index (κ3) is 5.49. The maximum Gasteiger partial charge on any atom is 0.416 e. The van der Waals surface area contributed by atoms with E-state index in [0.717, 1.165) is 47.7 Å². The van der Waals surface area contributed by atoms with E-state index in [9.17, 15) is 23.1 Å². The van der Waals surface area contributed by atoms with Gasteiger partial charge >= 0.3 is 6.18 Å². The highest BCUT2D eigenvalue weighted by molar-refractivity contribution is 5.94.